The predicted molar refractivity (Wildman–Crippen MR) is 44.8 cm³/mol. The van der Waals surface area contributed by atoms with Gasteiger partial charge in [-0.2, -0.15) is 0 Å². The second kappa shape index (κ2) is 3.11. The number of nitrogens with one attached hydrogen (secondary N) is 1. The molecule has 1 aromatic rings. The molecular weight excluding hydrogens is 180 g/mol. The van der Waals surface area contributed by atoms with Gasteiger partial charge in [-0.25, -0.2) is 8.78 Å². The van der Waals surface area contributed by atoms with Crippen LogP contribution in [0.1, 0.15) is 16.4 Å². The van der Waals surface area contributed by atoms with Crippen LogP contribution >= 0.6 is 11.3 Å². The van der Waals surface area contributed by atoms with Crippen LogP contribution in [-0.4, -0.2) is 13.0 Å². The number of thiophene rings is 1. The summed E-state index contributed by atoms with van der Waals surface area (Å²) in [5.74, 6) is -0.589. The van der Waals surface area contributed by atoms with Crippen molar-refractivity contribution >= 4 is 11.3 Å². The summed E-state index contributed by atoms with van der Waals surface area (Å²) in [7, 11) is 0. The van der Waals surface area contributed by atoms with E-state index in [1.165, 1.54) is 11.3 Å². The van der Waals surface area contributed by atoms with E-state index in [9.17, 15) is 8.78 Å². The lowest BCUT2D eigenvalue weighted by Crippen LogP contribution is -2.30. The maximum absolute atomic E-state index is 12.4. The zero-order valence-electron chi connectivity index (χ0n) is 6.39. The van der Waals surface area contributed by atoms with E-state index in [-0.39, 0.29) is 0 Å². The first-order valence-corrected chi connectivity index (χ1v) is 4.72. The van der Waals surface area contributed by atoms with E-state index in [4.69, 9.17) is 0 Å². The molecule has 0 aliphatic carbocycles. The van der Waals surface area contributed by atoms with Gasteiger partial charge in [0.15, 0.2) is 0 Å². The Balaban J connectivity index is 2.31. The number of alkyl halides is 2. The standard InChI is InChI=1S/C8H9F2NS/c9-8(10)6-4-11-3-5-1-2-12-7(5)6/h1-2,6,8,11H,3-4H2. The minimum atomic E-state index is -2.24. The third kappa shape index (κ3) is 1.25. The van der Waals surface area contributed by atoms with Crippen molar-refractivity contribution in [3.05, 3.63) is 21.9 Å². The quantitative estimate of drug-likeness (QED) is 0.714. The van der Waals surface area contributed by atoms with Crippen molar-refractivity contribution in [2.75, 3.05) is 6.54 Å². The van der Waals surface area contributed by atoms with Crippen LogP contribution < -0.4 is 5.32 Å². The molecule has 1 aromatic heterocycles. The molecule has 1 aliphatic rings. The summed E-state index contributed by atoms with van der Waals surface area (Å²) >= 11 is 1.44. The molecule has 0 saturated carbocycles. The largest absolute Gasteiger partial charge is 0.312 e. The smallest absolute Gasteiger partial charge is 0.247 e. The second-order valence-corrected chi connectivity index (χ2v) is 3.83. The Kier molecular flexibility index (Phi) is 2.11. The summed E-state index contributed by atoms with van der Waals surface area (Å²) < 4.78 is 24.9. The van der Waals surface area contributed by atoms with Crippen LogP contribution in [0.3, 0.4) is 0 Å². The molecule has 0 amide bonds. The monoisotopic (exact) mass is 189 g/mol. The fourth-order valence-corrected chi connectivity index (χ4v) is 2.51. The molecular formula is C8H9F2NS. The summed E-state index contributed by atoms with van der Waals surface area (Å²) in [4.78, 5) is 0.865. The molecule has 66 valence electrons. The normalized spacial score (nSPS) is 22.8. The van der Waals surface area contributed by atoms with E-state index in [1.54, 1.807) is 0 Å². The Hall–Kier alpha value is -0.480. The molecule has 0 bridgehead atoms. The molecule has 1 unspecified atom stereocenters. The van der Waals surface area contributed by atoms with Crippen LogP contribution in [0.15, 0.2) is 11.4 Å². The van der Waals surface area contributed by atoms with Gasteiger partial charge in [-0.1, -0.05) is 0 Å². The second-order valence-electron chi connectivity index (χ2n) is 2.88. The molecule has 1 atom stereocenters. The Bertz CT molecular complexity index is 272. The third-order valence-corrected chi connectivity index (χ3v) is 3.19. The number of rotatable bonds is 1. The van der Waals surface area contributed by atoms with E-state index in [2.05, 4.69) is 5.32 Å². The Labute approximate surface area is 73.4 Å². The highest BCUT2D eigenvalue weighted by molar-refractivity contribution is 7.10. The van der Waals surface area contributed by atoms with E-state index in [0.29, 0.717) is 6.54 Å². The van der Waals surface area contributed by atoms with Crippen LogP contribution in [0.5, 0.6) is 0 Å². The van der Waals surface area contributed by atoms with Gasteiger partial charge in [0.05, 0.1) is 5.92 Å². The first kappa shape index (κ1) is 8.13. The van der Waals surface area contributed by atoms with Gasteiger partial charge in [-0.15, -0.1) is 11.3 Å². The summed E-state index contributed by atoms with van der Waals surface area (Å²) in [6.07, 6.45) is -2.24. The molecule has 2 heterocycles. The van der Waals surface area contributed by atoms with Crippen LogP contribution in [0.4, 0.5) is 8.78 Å². The number of hydrogen-bond acceptors (Lipinski definition) is 2. The van der Waals surface area contributed by atoms with Gasteiger partial charge in [0, 0.05) is 18.0 Å². The Morgan fingerprint density at radius 3 is 3.17 bits per heavy atom. The fraction of sp³-hybridized carbons (Fsp3) is 0.500. The molecule has 0 aromatic carbocycles. The van der Waals surface area contributed by atoms with E-state index in [0.717, 1.165) is 17.0 Å². The summed E-state index contributed by atoms with van der Waals surface area (Å²) in [6.45, 7) is 1.15. The summed E-state index contributed by atoms with van der Waals surface area (Å²) in [6, 6.07) is 1.92. The number of fused-ring (bicyclic) bond motifs is 1. The molecule has 1 nitrogen and oxygen atoms in total. The molecule has 12 heavy (non-hydrogen) atoms. The van der Waals surface area contributed by atoms with Gasteiger partial charge in [-0.05, 0) is 17.0 Å². The summed E-state index contributed by atoms with van der Waals surface area (Å²) in [5, 5.41) is 4.87. The van der Waals surface area contributed by atoms with Crippen LogP contribution in [0.2, 0.25) is 0 Å². The highest BCUT2D eigenvalue weighted by Crippen LogP contribution is 2.32. The van der Waals surface area contributed by atoms with Gasteiger partial charge in [-0.3, -0.25) is 0 Å². The topological polar surface area (TPSA) is 12.0 Å². The molecule has 0 radical (unpaired) electrons. The van der Waals surface area contributed by atoms with Crippen molar-refractivity contribution in [2.45, 2.75) is 18.9 Å². The third-order valence-electron chi connectivity index (χ3n) is 2.10. The van der Waals surface area contributed by atoms with Crippen molar-refractivity contribution in [3.63, 3.8) is 0 Å². The van der Waals surface area contributed by atoms with Crippen molar-refractivity contribution in [1.82, 2.24) is 5.32 Å². The van der Waals surface area contributed by atoms with E-state index < -0.39 is 12.3 Å². The van der Waals surface area contributed by atoms with Crippen molar-refractivity contribution < 1.29 is 8.78 Å². The average Bonchev–Trinajstić information content (AvgIpc) is 2.49. The Morgan fingerprint density at radius 1 is 1.58 bits per heavy atom. The molecule has 1 aliphatic heterocycles. The van der Waals surface area contributed by atoms with Crippen molar-refractivity contribution in [3.8, 4) is 0 Å². The van der Waals surface area contributed by atoms with Gasteiger partial charge in [0.2, 0.25) is 6.43 Å². The van der Waals surface area contributed by atoms with Crippen LogP contribution in [0, 0.1) is 0 Å². The molecule has 0 spiro atoms. The van der Waals surface area contributed by atoms with Gasteiger partial charge >= 0.3 is 0 Å². The molecule has 1 N–H and O–H groups in total. The first-order chi connectivity index (χ1) is 5.79. The Morgan fingerprint density at radius 2 is 2.42 bits per heavy atom. The molecule has 0 fully saturated rings. The average molecular weight is 189 g/mol. The van der Waals surface area contributed by atoms with Crippen molar-refractivity contribution in [1.29, 1.82) is 0 Å². The maximum atomic E-state index is 12.4. The van der Waals surface area contributed by atoms with Gasteiger partial charge < -0.3 is 5.32 Å². The lowest BCUT2D eigenvalue weighted by molar-refractivity contribution is 0.111. The lowest BCUT2D eigenvalue weighted by Gasteiger charge is -2.22. The zero-order valence-corrected chi connectivity index (χ0v) is 7.20. The maximum Gasteiger partial charge on any atom is 0.247 e. The highest BCUT2D eigenvalue weighted by Gasteiger charge is 2.28. The molecule has 0 saturated heterocycles. The zero-order chi connectivity index (χ0) is 8.55. The summed E-state index contributed by atoms with van der Waals surface area (Å²) in [5.41, 5.74) is 1.04. The number of halogens is 2. The van der Waals surface area contributed by atoms with E-state index in [1.807, 2.05) is 11.4 Å². The fourth-order valence-electron chi connectivity index (χ4n) is 1.48. The predicted octanol–water partition coefficient (Wildman–Crippen LogP) is 2.20. The first-order valence-electron chi connectivity index (χ1n) is 3.84. The lowest BCUT2D eigenvalue weighted by atomic mass is 10.0. The molecule has 4 heteroatoms. The van der Waals surface area contributed by atoms with Gasteiger partial charge in [0.1, 0.15) is 0 Å². The minimum absolute atomic E-state index is 0.408. The van der Waals surface area contributed by atoms with Gasteiger partial charge in [0.25, 0.3) is 0 Å². The SMILES string of the molecule is FC(F)C1CNCc2ccsc21. The van der Waals surface area contributed by atoms with Crippen LogP contribution in [-0.2, 0) is 6.54 Å². The van der Waals surface area contributed by atoms with E-state index >= 15 is 0 Å². The molecule has 2 rings (SSSR count). The highest BCUT2D eigenvalue weighted by atomic mass is 32.1. The number of hydrogen-bond donors (Lipinski definition) is 1. The van der Waals surface area contributed by atoms with Crippen LogP contribution in [0.25, 0.3) is 0 Å². The minimum Gasteiger partial charge on any atom is -0.312 e. The van der Waals surface area contributed by atoms with Crippen molar-refractivity contribution in [2.24, 2.45) is 0 Å².